The first kappa shape index (κ1) is 24.6. The number of aliphatic imine (C=N–C) groups is 1. The minimum absolute atomic E-state index is 0. The lowest BCUT2D eigenvalue weighted by atomic mass is 9.97. The molecule has 1 atom stereocenters. The second kappa shape index (κ2) is 12.2. The van der Waals surface area contributed by atoms with E-state index in [0.717, 1.165) is 25.6 Å². The van der Waals surface area contributed by atoms with Gasteiger partial charge < -0.3 is 10.6 Å². The quantitative estimate of drug-likeness (QED) is 0.309. The van der Waals surface area contributed by atoms with Crippen LogP contribution in [0.2, 0.25) is 0 Å². The Bertz CT molecular complexity index is 657. The lowest BCUT2D eigenvalue weighted by molar-refractivity contribution is 0.143. The first-order valence-electron chi connectivity index (χ1n) is 9.36. The molecule has 1 fully saturated rings. The molecule has 0 spiro atoms. The average molecular weight is 529 g/mol. The Morgan fingerprint density at radius 1 is 1.37 bits per heavy atom. The van der Waals surface area contributed by atoms with Crippen LogP contribution in [0.15, 0.2) is 22.5 Å². The van der Waals surface area contributed by atoms with Crippen molar-refractivity contribution in [1.29, 1.82) is 0 Å². The van der Waals surface area contributed by atoms with Gasteiger partial charge in [0.15, 0.2) is 5.96 Å². The van der Waals surface area contributed by atoms with E-state index in [1.807, 2.05) is 6.92 Å². The van der Waals surface area contributed by atoms with Crippen LogP contribution in [0.1, 0.15) is 37.6 Å². The van der Waals surface area contributed by atoms with Gasteiger partial charge in [0.05, 0.1) is 18.3 Å². The minimum Gasteiger partial charge on any atom is -0.357 e. The summed E-state index contributed by atoms with van der Waals surface area (Å²) in [4.78, 5) is 8.63. The van der Waals surface area contributed by atoms with E-state index in [4.69, 9.17) is 4.99 Å². The molecule has 0 radical (unpaired) electrons. The highest BCUT2D eigenvalue weighted by atomic mass is 127. The Morgan fingerprint density at radius 3 is 2.63 bits per heavy atom. The lowest BCUT2D eigenvalue weighted by Crippen LogP contribution is -2.41. The minimum atomic E-state index is -2.98. The monoisotopic (exact) mass is 528 g/mol. The molecule has 0 amide bonds. The van der Waals surface area contributed by atoms with Crippen molar-refractivity contribution < 1.29 is 8.42 Å². The molecule has 9 heteroatoms. The van der Waals surface area contributed by atoms with Crippen molar-refractivity contribution in [3.05, 3.63) is 22.4 Å². The highest BCUT2D eigenvalue weighted by Crippen LogP contribution is 2.29. The third-order valence-electron chi connectivity index (χ3n) is 4.66. The van der Waals surface area contributed by atoms with Crippen LogP contribution in [0.5, 0.6) is 0 Å². The molecule has 1 saturated heterocycles. The first-order chi connectivity index (χ1) is 12.4. The Labute approximate surface area is 185 Å². The van der Waals surface area contributed by atoms with Gasteiger partial charge in [-0.2, -0.15) is 0 Å². The standard InChI is InChI=1S/C18H32N4O2S2.HI/c1-4-19-18(20-9-13-26(3,23)24)21-14-16(17-6-5-12-25-17)22-10-7-15(2)8-11-22;/h5-6,12,15-16H,4,7-11,13-14H2,1-3H3,(H2,19,20,21);1H. The van der Waals surface area contributed by atoms with Gasteiger partial charge in [0.2, 0.25) is 0 Å². The summed E-state index contributed by atoms with van der Waals surface area (Å²) in [6.07, 6.45) is 3.72. The van der Waals surface area contributed by atoms with E-state index >= 15 is 0 Å². The van der Waals surface area contributed by atoms with Gasteiger partial charge in [0.25, 0.3) is 0 Å². The number of guanidine groups is 1. The number of halogens is 1. The van der Waals surface area contributed by atoms with Crippen LogP contribution in [-0.4, -0.2) is 64.0 Å². The van der Waals surface area contributed by atoms with Gasteiger partial charge in [-0.15, -0.1) is 35.3 Å². The second-order valence-corrected chi connectivity index (χ2v) is 10.3. The van der Waals surface area contributed by atoms with Crippen molar-refractivity contribution in [2.45, 2.75) is 32.7 Å². The van der Waals surface area contributed by atoms with Gasteiger partial charge in [-0.25, -0.2) is 8.42 Å². The summed E-state index contributed by atoms with van der Waals surface area (Å²) in [5.41, 5.74) is 0. The predicted octanol–water partition coefficient (Wildman–Crippen LogP) is 2.74. The molecule has 2 rings (SSSR count). The maximum absolute atomic E-state index is 11.3. The Kier molecular flexibility index (Phi) is 11.2. The summed E-state index contributed by atoms with van der Waals surface area (Å²) in [7, 11) is -2.98. The molecule has 0 saturated carbocycles. The van der Waals surface area contributed by atoms with E-state index in [1.54, 1.807) is 11.3 Å². The van der Waals surface area contributed by atoms with Crippen LogP contribution >= 0.6 is 35.3 Å². The lowest BCUT2D eigenvalue weighted by Gasteiger charge is -2.35. The van der Waals surface area contributed by atoms with Crippen molar-refractivity contribution in [2.24, 2.45) is 10.9 Å². The molecule has 1 aromatic heterocycles. The van der Waals surface area contributed by atoms with Gasteiger partial charge >= 0.3 is 0 Å². The number of thiophene rings is 1. The van der Waals surface area contributed by atoms with E-state index < -0.39 is 9.84 Å². The molecule has 1 aliphatic heterocycles. The molecule has 0 bridgehead atoms. The van der Waals surface area contributed by atoms with Gasteiger partial charge in [0, 0.05) is 24.2 Å². The molecule has 1 aromatic rings. The maximum atomic E-state index is 11.3. The molecule has 27 heavy (non-hydrogen) atoms. The van der Waals surface area contributed by atoms with E-state index in [1.165, 1.54) is 24.0 Å². The van der Waals surface area contributed by atoms with Gasteiger partial charge in [-0.05, 0) is 50.2 Å². The third-order valence-corrected chi connectivity index (χ3v) is 6.58. The summed E-state index contributed by atoms with van der Waals surface area (Å²) in [5, 5.41) is 8.46. The largest absolute Gasteiger partial charge is 0.357 e. The molecule has 0 aliphatic carbocycles. The zero-order valence-electron chi connectivity index (χ0n) is 16.5. The van der Waals surface area contributed by atoms with E-state index in [2.05, 4.69) is 40.0 Å². The number of nitrogens with one attached hydrogen (secondary N) is 2. The number of piperidine rings is 1. The average Bonchev–Trinajstić information content (AvgIpc) is 3.09. The van der Waals surface area contributed by atoms with Crippen LogP contribution in [0.4, 0.5) is 0 Å². The van der Waals surface area contributed by atoms with Gasteiger partial charge in [-0.1, -0.05) is 13.0 Å². The summed E-state index contributed by atoms with van der Waals surface area (Å²) in [6.45, 7) is 8.34. The van der Waals surface area contributed by atoms with Gasteiger partial charge in [0.1, 0.15) is 9.84 Å². The van der Waals surface area contributed by atoms with Crippen LogP contribution in [-0.2, 0) is 9.84 Å². The normalized spacial score (nSPS) is 18.0. The summed E-state index contributed by atoms with van der Waals surface area (Å²) in [6, 6.07) is 4.57. The molecule has 6 nitrogen and oxygen atoms in total. The molecular formula is C18H33IN4O2S2. The van der Waals surface area contributed by atoms with E-state index in [-0.39, 0.29) is 35.8 Å². The topological polar surface area (TPSA) is 73.8 Å². The van der Waals surface area contributed by atoms with Crippen LogP contribution < -0.4 is 10.6 Å². The highest BCUT2D eigenvalue weighted by molar-refractivity contribution is 14.0. The van der Waals surface area contributed by atoms with Crippen molar-refractivity contribution in [2.75, 3.05) is 44.7 Å². The summed E-state index contributed by atoms with van der Waals surface area (Å²) >= 11 is 1.78. The maximum Gasteiger partial charge on any atom is 0.191 e. The van der Waals surface area contributed by atoms with Crippen molar-refractivity contribution >= 4 is 51.1 Å². The van der Waals surface area contributed by atoms with Crippen LogP contribution in [0.25, 0.3) is 0 Å². The van der Waals surface area contributed by atoms with Crippen LogP contribution in [0, 0.1) is 5.92 Å². The molecular weight excluding hydrogens is 495 g/mol. The number of rotatable bonds is 8. The van der Waals surface area contributed by atoms with Gasteiger partial charge in [-0.3, -0.25) is 9.89 Å². The SMILES string of the molecule is CCNC(=NCC(c1cccs1)N1CCC(C)CC1)NCCS(C)(=O)=O.I. The highest BCUT2D eigenvalue weighted by Gasteiger charge is 2.25. The smallest absolute Gasteiger partial charge is 0.191 e. The molecule has 2 heterocycles. The second-order valence-electron chi connectivity index (χ2n) is 7.03. The van der Waals surface area contributed by atoms with Crippen molar-refractivity contribution in [3.63, 3.8) is 0 Å². The van der Waals surface area contributed by atoms with E-state index in [9.17, 15) is 8.42 Å². The molecule has 0 aromatic carbocycles. The molecule has 2 N–H and O–H groups in total. The molecule has 1 unspecified atom stereocenters. The fraction of sp³-hybridized carbons (Fsp3) is 0.722. The Morgan fingerprint density at radius 2 is 2.07 bits per heavy atom. The predicted molar refractivity (Wildman–Crippen MR) is 126 cm³/mol. The fourth-order valence-corrected chi connectivity index (χ4v) is 4.41. The summed E-state index contributed by atoms with van der Waals surface area (Å²) < 4.78 is 22.6. The number of likely N-dealkylation sites (tertiary alicyclic amines) is 1. The summed E-state index contributed by atoms with van der Waals surface area (Å²) in [5.74, 6) is 1.59. The zero-order chi connectivity index (χ0) is 19.0. The van der Waals surface area contributed by atoms with E-state index in [0.29, 0.717) is 19.0 Å². The zero-order valence-corrected chi connectivity index (χ0v) is 20.4. The Balaban J connectivity index is 0.00000364. The van der Waals surface area contributed by atoms with Crippen molar-refractivity contribution in [3.8, 4) is 0 Å². The molecule has 1 aliphatic rings. The molecule has 156 valence electrons. The number of hydrogen-bond donors (Lipinski definition) is 2. The fourth-order valence-electron chi connectivity index (χ4n) is 3.08. The third kappa shape index (κ3) is 9.10. The number of sulfone groups is 1. The van der Waals surface area contributed by atoms with Crippen LogP contribution in [0.3, 0.4) is 0 Å². The number of hydrogen-bond acceptors (Lipinski definition) is 5. The first-order valence-corrected chi connectivity index (χ1v) is 12.3. The number of nitrogens with zero attached hydrogens (tertiary/aromatic N) is 2. The Hall–Kier alpha value is -0.390. The van der Waals surface area contributed by atoms with Crippen molar-refractivity contribution in [1.82, 2.24) is 15.5 Å².